The highest BCUT2D eigenvalue weighted by atomic mass is 15.0. The second kappa shape index (κ2) is 12.2. The lowest BCUT2D eigenvalue weighted by Gasteiger charge is -2.16. The lowest BCUT2D eigenvalue weighted by molar-refractivity contribution is 1.18. The van der Waals surface area contributed by atoms with Gasteiger partial charge in [0.15, 0.2) is 0 Å². The largest absolute Gasteiger partial charge is 0.309 e. The van der Waals surface area contributed by atoms with Gasteiger partial charge < -0.3 is 9.13 Å². The van der Waals surface area contributed by atoms with Crippen LogP contribution in [0.25, 0.3) is 99.1 Å². The normalized spacial score (nSPS) is 11.7. The number of hydrogen-bond donors (Lipinski definition) is 0. The first-order chi connectivity index (χ1) is 26.8. The highest BCUT2D eigenvalue weighted by molar-refractivity contribution is 6.13. The highest BCUT2D eigenvalue weighted by Crippen LogP contribution is 2.41. The van der Waals surface area contributed by atoms with E-state index in [0.29, 0.717) is 0 Å². The lowest BCUT2D eigenvalue weighted by atomic mass is 9.97. The average Bonchev–Trinajstić information content (AvgIpc) is 3.76. The van der Waals surface area contributed by atoms with Gasteiger partial charge in [-0.2, -0.15) is 0 Å². The Morgan fingerprint density at radius 2 is 0.815 bits per heavy atom. The molecule has 0 aliphatic heterocycles. The van der Waals surface area contributed by atoms with E-state index in [1.54, 1.807) is 0 Å². The predicted octanol–water partition coefficient (Wildman–Crippen LogP) is 14.0. The van der Waals surface area contributed by atoms with Crippen LogP contribution in [0.4, 0.5) is 0 Å². The van der Waals surface area contributed by atoms with Crippen LogP contribution in [0.1, 0.15) is 0 Å². The smallest absolute Gasteiger partial charge is 0.0547 e. The first kappa shape index (κ1) is 30.5. The third kappa shape index (κ3) is 4.74. The van der Waals surface area contributed by atoms with E-state index in [1.807, 2.05) is 0 Å². The van der Waals surface area contributed by atoms with Crippen molar-refractivity contribution in [1.82, 2.24) is 9.13 Å². The van der Waals surface area contributed by atoms with Crippen LogP contribution in [0.3, 0.4) is 0 Å². The van der Waals surface area contributed by atoms with E-state index in [2.05, 4.69) is 215 Å². The molecular formula is C52H34N2. The molecule has 0 aliphatic rings. The second-order valence-corrected chi connectivity index (χ2v) is 14.1. The number of hydrogen-bond acceptors (Lipinski definition) is 0. The Balaban J connectivity index is 1.11. The van der Waals surface area contributed by atoms with Gasteiger partial charge in [-0.15, -0.1) is 0 Å². The van der Waals surface area contributed by atoms with Crippen LogP contribution in [0, 0.1) is 0 Å². The minimum Gasteiger partial charge on any atom is -0.309 e. The molecule has 0 bridgehead atoms. The van der Waals surface area contributed by atoms with Crippen LogP contribution in [-0.4, -0.2) is 9.13 Å². The standard InChI is InChI=1S/C52H34N2/c1-2-14-35(15-3-1)37-18-12-19-40(32-37)53-48-25-9-8-23-45(48)47-33-38(29-31-51(47)53)39-28-30-46-44-22-7-11-27-50(44)54(52(46)34-39)49-26-10-6-21-43(49)42-24-13-17-36-16-4-5-20-41(36)42/h1-34H. The van der Waals surface area contributed by atoms with Crippen molar-refractivity contribution < 1.29 is 0 Å². The Morgan fingerprint density at radius 3 is 1.69 bits per heavy atom. The summed E-state index contributed by atoms with van der Waals surface area (Å²) in [6.45, 7) is 0. The number of fused-ring (bicyclic) bond motifs is 7. The van der Waals surface area contributed by atoms with Crippen LogP contribution < -0.4 is 0 Å². The molecule has 54 heavy (non-hydrogen) atoms. The summed E-state index contributed by atoms with van der Waals surface area (Å²) in [5.41, 5.74) is 14.4. The summed E-state index contributed by atoms with van der Waals surface area (Å²) in [5, 5.41) is 7.50. The molecule has 0 aliphatic carbocycles. The van der Waals surface area contributed by atoms with Crippen molar-refractivity contribution in [2.24, 2.45) is 0 Å². The fourth-order valence-corrected chi connectivity index (χ4v) is 8.65. The maximum Gasteiger partial charge on any atom is 0.0547 e. The number of para-hydroxylation sites is 3. The van der Waals surface area contributed by atoms with Gasteiger partial charge in [-0.25, -0.2) is 0 Å². The summed E-state index contributed by atoms with van der Waals surface area (Å²) < 4.78 is 4.88. The fraction of sp³-hybridized carbons (Fsp3) is 0. The summed E-state index contributed by atoms with van der Waals surface area (Å²) in [6, 6.07) is 75.2. The Morgan fingerprint density at radius 1 is 0.259 bits per heavy atom. The molecule has 0 spiro atoms. The molecule has 0 N–H and O–H groups in total. The van der Waals surface area contributed by atoms with E-state index < -0.39 is 0 Å². The minimum absolute atomic E-state index is 1.16. The molecule has 2 heteroatoms. The van der Waals surface area contributed by atoms with Gasteiger partial charge in [-0.3, -0.25) is 0 Å². The predicted molar refractivity (Wildman–Crippen MR) is 229 cm³/mol. The first-order valence-electron chi connectivity index (χ1n) is 18.6. The molecule has 0 radical (unpaired) electrons. The van der Waals surface area contributed by atoms with Crippen molar-refractivity contribution in [3.8, 4) is 44.8 Å². The molecule has 0 amide bonds. The Bertz CT molecular complexity index is 3210. The molecule has 11 rings (SSSR count). The van der Waals surface area contributed by atoms with E-state index in [-0.39, 0.29) is 0 Å². The van der Waals surface area contributed by atoms with Gasteiger partial charge in [-0.1, -0.05) is 158 Å². The van der Waals surface area contributed by atoms with Gasteiger partial charge in [-0.05, 0) is 87.1 Å². The molecule has 9 aromatic carbocycles. The summed E-state index contributed by atoms with van der Waals surface area (Å²) in [5.74, 6) is 0. The van der Waals surface area contributed by atoms with E-state index in [4.69, 9.17) is 0 Å². The summed E-state index contributed by atoms with van der Waals surface area (Å²) >= 11 is 0. The van der Waals surface area contributed by atoms with Crippen molar-refractivity contribution in [2.45, 2.75) is 0 Å². The summed E-state index contributed by atoms with van der Waals surface area (Å²) in [4.78, 5) is 0. The van der Waals surface area contributed by atoms with Crippen LogP contribution in [0.5, 0.6) is 0 Å². The zero-order valence-electron chi connectivity index (χ0n) is 29.5. The van der Waals surface area contributed by atoms with Gasteiger partial charge in [0.05, 0.1) is 27.8 Å². The Labute approximate surface area is 313 Å². The molecule has 0 saturated carbocycles. The van der Waals surface area contributed by atoms with Crippen molar-refractivity contribution in [3.63, 3.8) is 0 Å². The summed E-state index contributed by atoms with van der Waals surface area (Å²) in [6.07, 6.45) is 0. The number of benzene rings is 9. The number of aromatic nitrogens is 2. The van der Waals surface area contributed by atoms with E-state index in [9.17, 15) is 0 Å². The van der Waals surface area contributed by atoms with Crippen LogP contribution >= 0.6 is 0 Å². The molecule has 0 atom stereocenters. The van der Waals surface area contributed by atoms with Crippen LogP contribution in [0.2, 0.25) is 0 Å². The lowest BCUT2D eigenvalue weighted by Crippen LogP contribution is -1.97. The third-order valence-electron chi connectivity index (χ3n) is 11.1. The SMILES string of the molecule is c1ccc(-c2cccc(-n3c4ccccc4c4cc(-c5ccc6c7ccccc7n(-c7ccccc7-c7cccc8ccccc78)c6c5)ccc43)c2)cc1. The topological polar surface area (TPSA) is 9.86 Å². The number of nitrogens with zero attached hydrogens (tertiary/aromatic N) is 2. The quantitative estimate of drug-likeness (QED) is 0.171. The summed E-state index contributed by atoms with van der Waals surface area (Å²) in [7, 11) is 0. The molecule has 11 aromatic rings. The van der Waals surface area contributed by atoms with E-state index >= 15 is 0 Å². The third-order valence-corrected chi connectivity index (χ3v) is 11.1. The Kier molecular flexibility index (Phi) is 6.90. The minimum atomic E-state index is 1.16. The molecule has 2 aromatic heterocycles. The van der Waals surface area contributed by atoms with Crippen LogP contribution in [-0.2, 0) is 0 Å². The van der Waals surface area contributed by atoms with Crippen molar-refractivity contribution in [3.05, 3.63) is 206 Å². The average molecular weight is 687 g/mol. The van der Waals surface area contributed by atoms with Gasteiger partial charge in [0.2, 0.25) is 0 Å². The zero-order valence-corrected chi connectivity index (χ0v) is 29.5. The van der Waals surface area contributed by atoms with Crippen molar-refractivity contribution in [1.29, 1.82) is 0 Å². The van der Waals surface area contributed by atoms with Crippen molar-refractivity contribution in [2.75, 3.05) is 0 Å². The van der Waals surface area contributed by atoms with Gasteiger partial charge in [0.1, 0.15) is 0 Å². The Hall–Kier alpha value is -7.16. The highest BCUT2D eigenvalue weighted by Gasteiger charge is 2.18. The monoisotopic (exact) mass is 686 g/mol. The molecular weight excluding hydrogens is 653 g/mol. The van der Waals surface area contributed by atoms with E-state index in [1.165, 1.54) is 93.5 Å². The van der Waals surface area contributed by atoms with Gasteiger partial charge in [0, 0.05) is 32.8 Å². The van der Waals surface area contributed by atoms with Crippen LogP contribution in [0.15, 0.2) is 206 Å². The zero-order chi connectivity index (χ0) is 35.6. The second-order valence-electron chi connectivity index (χ2n) is 14.1. The van der Waals surface area contributed by atoms with Crippen molar-refractivity contribution >= 4 is 54.4 Å². The number of rotatable bonds is 5. The fourth-order valence-electron chi connectivity index (χ4n) is 8.65. The first-order valence-corrected chi connectivity index (χ1v) is 18.6. The molecule has 252 valence electrons. The molecule has 2 nitrogen and oxygen atoms in total. The maximum absolute atomic E-state index is 2.47. The molecule has 0 fully saturated rings. The molecule has 0 saturated heterocycles. The maximum atomic E-state index is 2.47. The van der Waals surface area contributed by atoms with Gasteiger partial charge >= 0.3 is 0 Å². The van der Waals surface area contributed by atoms with E-state index in [0.717, 1.165) is 5.69 Å². The van der Waals surface area contributed by atoms with Gasteiger partial charge in [0.25, 0.3) is 0 Å². The molecule has 0 unspecified atom stereocenters. The molecule has 2 heterocycles.